The van der Waals surface area contributed by atoms with Crippen molar-refractivity contribution in [2.24, 2.45) is 10.9 Å². The van der Waals surface area contributed by atoms with Crippen molar-refractivity contribution in [1.82, 2.24) is 0 Å². The molecule has 0 amide bonds. The minimum atomic E-state index is -3.80. The van der Waals surface area contributed by atoms with Gasteiger partial charge in [-0.2, -0.15) is 0 Å². The average Bonchev–Trinajstić information content (AvgIpc) is 2.55. The first-order chi connectivity index (χ1) is 11.3. The van der Waals surface area contributed by atoms with E-state index in [1.807, 2.05) is 6.07 Å². The number of hydrogen-bond donors (Lipinski definition) is 2. The quantitative estimate of drug-likeness (QED) is 0.728. The number of carbonyl (C=O) groups is 1. The molecule has 0 unspecified atom stereocenters. The first-order valence-electron chi connectivity index (χ1n) is 7.01. The van der Waals surface area contributed by atoms with Gasteiger partial charge in [-0.1, -0.05) is 18.2 Å². The molecule has 0 spiro atoms. The highest BCUT2D eigenvalue weighted by molar-refractivity contribution is 7.88. The SMILES string of the molecule is COc1cc(CS(N)(=O)=O)c(Oc2ccccc2)cc1C(=O)CN. The molecule has 0 bridgehead atoms. The Balaban J connectivity index is 2.56. The van der Waals surface area contributed by atoms with E-state index >= 15 is 0 Å². The number of nitrogens with two attached hydrogens (primary N) is 2. The van der Waals surface area contributed by atoms with Gasteiger partial charge >= 0.3 is 0 Å². The summed E-state index contributed by atoms with van der Waals surface area (Å²) in [4.78, 5) is 12.0. The number of rotatable bonds is 7. The van der Waals surface area contributed by atoms with Crippen molar-refractivity contribution in [3.05, 3.63) is 53.6 Å². The second-order valence-electron chi connectivity index (χ2n) is 5.01. The summed E-state index contributed by atoms with van der Waals surface area (Å²) in [6, 6.07) is 11.6. The van der Waals surface area contributed by atoms with Crippen LogP contribution in [0.25, 0.3) is 0 Å². The maximum atomic E-state index is 12.0. The van der Waals surface area contributed by atoms with Crippen LogP contribution in [-0.2, 0) is 15.8 Å². The van der Waals surface area contributed by atoms with Gasteiger partial charge in [0, 0.05) is 5.56 Å². The van der Waals surface area contributed by atoms with Crippen LogP contribution in [0.4, 0.5) is 0 Å². The molecule has 0 aliphatic heterocycles. The highest BCUT2D eigenvalue weighted by Crippen LogP contribution is 2.33. The Morgan fingerprint density at radius 3 is 2.33 bits per heavy atom. The zero-order valence-corrected chi connectivity index (χ0v) is 13.9. The summed E-state index contributed by atoms with van der Waals surface area (Å²) in [6.07, 6.45) is 0. The van der Waals surface area contributed by atoms with Crippen LogP contribution in [0, 0.1) is 0 Å². The van der Waals surface area contributed by atoms with Crippen molar-refractivity contribution >= 4 is 15.8 Å². The number of benzene rings is 2. The molecule has 8 heteroatoms. The number of ether oxygens (including phenoxy) is 2. The molecule has 0 atom stereocenters. The number of carbonyl (C=O) groups excluding carboxylic acids is 1. The zero-order valence-electron chi connectivity index (χ0n) is 13.1. The average molecular weight is 350 g/mol. The number of ketones is 1. The Bertz CT molecular complexity index is 835. The van der Waals surface area contributed by atoms with E-state index in [0.29, 0.717) is 5.75 Å². The summed E-state index contributed by atoms with van der Waals surface area (Å²) in [7, 11) is -2.42. The molecule has 0 heterocycles. The van der Waals surface area contributed by atoms with Crippen LogP contribution in [0.2, 0.25) is 0 Å². The fourth-order valence-electron chi connectivity index (χ4n) is 2.14. The molecule has 0 fully saturated rings. The number of hydrogen-bond acceptors (Lipinski definition) is 6. The van der Waals surface area contributed by atoms with E-state index in [2.05, 4.69) is 0 Å². The second-order valence-corrected chi connectivity index (χ2v) is 6.62. The summed E-state index contributed by atoms with van der Waals surface area (Å²) >= 11 is 0. The fraction of sp³-hybridized carbons (Fsp3) is 0.188. The molecule has 4 N–H and O–H groups in total. The second kappa shape index (κ2) is 7.43. The van der Waals surface area contributed by atoms with Crippen LogP contribution in [0.1, 0.15) is 15.9 Å². The van der Waals surface area contributed by atoms with Gasteiger partial charge in [0.1, 0.15) is 17.2 Å². The van der Waals surface area contributed by atoms with E-state index in [-0.39, 0.29) is 35.0 Å². The molecule has 0 radical (unpaired) electrons. The Morgan fingerprint density at radius 2 is 1.79 bits per heavy atom. The maximum absolute atomic E-state index is 12.0. The van der Waals surface area contributed by atoms with Gasteiger partial charge in [-0.25, -0.2) is 13.6 Å². The number of methoxy groups -OCH3 is 1. The van der Waals surface area contributed by atoms with Gasteiger partial charge in [0.25, 0.3) is 0 Å². The summed E-state index contributed by atoms with van der Waals surface area (Å²) in [5.74, 6) is 0.0940. The zero-order chi connectivity index (χ0) is 17.7. The Hall–Kier alpha value is -2.42. The largest absolute Gasteiger partial charge is 0.496 e. The summed E-state index contributed by atoms with van der Waals surface area (Å²) in [6.45, 7) is -0.213. The van der Waals surface area contributed by atoms with Gasteiger partial charge in [0.2, 0.25) is 10.0 Å². The smallest absolute Gasteiger partial charge is 0.213 e. The predicted octanol–water partition coefficient (Wildman–Crippen LogP) is 1.42. The first kappa shape index (κ1) is 17.9. The van der Waals surface area contributed by atoms with Crippen LogP contribution < -0.4 is 20.3 Å². The van der Waals surface area contributed by atoms with Crippen LogP contribution >= 0.6 is 0 Å². The third-order valence-electron chi connectivity index (χ3n) is 3.20. The van der Waals surface area contributed by atoms with E-state index in [1.54, 1.807) is 24.3 Å². The van der Waals surface area contributed by atoms with E-state index in [0.717, 1.165) is 0 Å². The number of Topliss-reactive ketones (excluding diaryl/α,β-unsaturated/α-hetero) is 1. The molecule has 2 rings (SSSR count). The van der Waals surface area contributed by atoms with Gasteiger partial charge in [0.15, 0.2) is 5.78 Å². The van der Waals surface area contributed by atoms with Crippen LogP contribution in [0.15, 0.2) is 42.5 Å². The van der Waals surface area contributed by atoms with Gasteiger partial charge in [-0.15, -0.1) is 0 Å². The van der Waals surface area contributed by atoms with E-state index < -0.39 is 15.8 Å². The fourth-order valence-corrected chi connectivity index (χ4v) is 2.80. The molecule has 0 aliphatic carbocycles. The van der Waals surface area contributed by atoms with Gasteiger partial charge in [0.05, 0.1) is 25.0 Å². The monoisotopic (exact) mass is 350 g/mol. The lowest BCUT2D eigenvalue weighted by atomic mass is 10.1. The molecule has 0 saturated heterocycles. The lowest BCUT2D eigenvalue weighted by Crippen LogP contribution is -2.17. The van der Waals surface area contributed by atoms with E-state index in [9.17, 15) is 13.2 Å². The Labute approximate surface area is 140 Å². The highest BCUT2D eigenvalue weighted by Gasteiger charge is 2.19. The normalized spacial score (nSPS) is 11.1. The Morgan fingerprint density at radius 1 is 1.12 bits per heavy atom. The summed E-state index contributed by atoms with van der Waals surface area (Å²) in [5, 5.41) is 5.13. The van der Waals surface area contributed by atoms with Crippen molar-refractivity contribution in [3.63, 3.8) is 0 Å². The molecule has 128 valence electrons. The van der Waals surface area contributed by atoms with Crippen molar-refractivity contribution < 1.29 is 22.7 Å². The van der Waals surface area contributed by atoms with Crippen molar-refractivity contribution in [1.29, 1.82) is 0 Å². The minimum Gasteiger partial charge on any atom is -0.496 e. The molecule has 0 saturated carbocycles. The summed E-state index contributed by atoms with van der Waals surface area (Å²) in [5.41, 5.74) is 5.90. The molecule has 0 aromatic heterocycles. The van der Waals surface area contributed by atoms with Crippen LogP contribution in [0.3, 0.4) is 0 Å². The van der Waals surface area contributed by atoms with Crippen molar-refractivity contribution in [2.75, 3.05) is 13.7 Å². The lowest BCUT2D eigenvalue weighted by molar-refractivity contribution is 0.0998. The van der Waals surface area contributed by atoms with Gasteiger partial charge < -0.3 is 15.2 Å². The highest BCUT2D eigenvalue weighted by atomic mass is 32.2. The van der Waals surface area contributed by atoms with Gasteiger partial charge in [-0.05, 0) is 24.3 Å². The van der Waals surface area contributed by atoms with Crippen LogP contribution in [0.5, 0.6) is 17.2 Å². The van der Waals surface area contributed by atoms with Crippen molar-refractivity contribution in [3.8, 4) is 17.2 Å². The Kier molecular flexibility index (Phi) is 5.55. The van der Waals surface area contributed by atoms with Crippen molar-refractivity contribution in [2.45, 2.75) is 5.75 Å². The molecule has 7 nitrogen and oxygen atoms in total. The number of para-hydroxylation sites is 1. The van der Waals surface area contributed by atoms with Crippen LogP contribution in [-0.4, -0.2) is 27.9 Å². The molecule has 24 heavy (non-hydrogen) atoms. The van der Waals surface area contributed by atoms with E-state index in [1.165, 1.54) is 19.2 Å². The third-order valence-corrected chi connectivity index (χ3v) is 3.91. The number of primary sulfonamides is 1. The number of sulfonamides is 1. The molecule has 2 aromatic carbocycles. The standard InChI is InChI=1S/C16H18N2O5S/c1-22-16-7-11(10-24(18,20)21)15(8-13(16)14(19)9-17)23-12-5-3-2-4-6-12/h2-8H,9-10,17H2,1H3,(H2,18,20,21). The minimum absolute atomic E-state index is 0.202. The molecule has 0 aliphatic rings. The topological polar surface area (TPSA) is 122 Å². The first-order valence-corrected chi connectivity index (χ1v) is 8.73. The van der Waals surface area contributed by atoms with E-state index in [4.69, 9.17) is 20.3 Å². The molecular formula is C16H18N2O5S. The third kappa shape index (κ3) is 4.54. The van der Waals surface area contributed by atoms with Gasteiger partial charge in [-0.3, -0.25) is 4.79 Å². The molecule has 2 aromatic rings. The molecular weight excluding hydrogens is 332 g/mol. The maximum Gasteiger partial charge on any atom is 0.213 e. The predicted molar refractivity (Wildman–Crippen MR) is 89.7 cm³/mol. The lowest BCUT2D eigenvalue weighted by Gasteiger charge is -2.15. The summed E-state index contributed by atoms with van der Waals surface area (Å²) < 4.78 is 33.8.